The van der Waals surface area contributed by atoms with Crippen molar-refractivity contribution in [3.8, 4) is 0 Å². The Morgan fingerprint density at radius 2 is 1.52 bits per heavy atom. The van der Waals surface area contributed by atoms with Crippen LogP contribution in [0.4, 0.5) is 0 Å². The molecule has 4 nitrogen and oxygen atoms in total. The first-order chi connectivity index (χ1) is 12.8. The van der Waals surface area contributed by atoms with Crippen molar-refractivity contribution >= 4 is 14.3 Å². The van der Waals surface area contributed by atoms with E-state index in [1.807, 2.05) is 18.2 Å². The molecular formula is C22H38O4Si. The van der Waals surface area contributed by atoms with Gasteiger partial charge in [0.25, 0.3) is 0 Å². The van der Waals surface area contributed by atoms with E-state index in [2.05, 4.69) is 41.5 Å². The smallest absolute Gasteiger partial charge is 0.338 e. The van der Waals surface area contributed by atoms with Crippen LogP contribution >= 0.6 is 0 Å². The van der Waals surface area contributed by atoms with Crippen molar-refractivity contribution in [3.63, 3.8) is 0 Å². The highest BCUT2D eigenvalue weighted by atomic mass is 28.4. The number of carbonyl (C=O) groups is 1. The molecule has 0 bridgehead atoms. The van der Waals surface area contributed by atoms with Gasteiger partial charge in [0, 0.05) is 7.11 Å². The second-order valence-electron chi connectivity index (χ2n) is 8.16. The quantitative estimate of drug-likeness (QED) is 0.254. The molecule has 0 fully saturated rings. The Morgan fingerprint density at radius 3 is 2.00 bits per heavy atom. The molecular weight excluding hydrogens is 356 g/mol. The highest BCUT2D eigenvalue weighted by Gasteiger charge is 2.46. The Hall–Kier alpha value is -1.17. The second kappa shape index (κ2) is 11.6. The van der Waals surface area contributed by atoms with Gasteiger partial charge in [0.2, 0.25) is 8.32 Å². The van der Waals surface area contributed by atoms with Crippen LogP contribution in [-0.2, 0) is 13.9 Å². The molecule has 0 aromatic heterocycles. The molecule has 1 aromatic carbocycles. The second-order valence-corrected chi connectivity index (χ2v) is 13.6. The van der Waals surface area contributed by atoms with Crippen LogP contribution < -0.4 is 0 Å². The Kier molecular flexibility index (Phi) is 10.3. The summed E-state index contributed by atoms with van der Waals surface area (Å²) in [4.78, 5) is 12.0. The molecule has 154 valence electrons. The summed E-state index contributed by atoms with van der Waals surface area (Å²) in [6, 6.07) is 9.11. The highest BCUT2D eigenvalue weighted by molar-refractivity contribution is 6.77. The van der Waals surface area contributed by atoms with Gasteiger partial charge in [-0.1, -0.05) is 59.7 Å². The van der Waals surface area contributed by atoms with E-state index in [1.54, 1.807) is 19.2 Å². The largest absolute Gasteiger partial charge is 0.462 e. The zero-order chi connectivity index (χ0) is 20.4. The van der Waals surface area contributed by atoms with E-state index >= 15 is 0 Å². The molecule has 0 amide bonds. The van der Waals surface area contributed by atoms with Crippen LogP contribution in [0.1, 0.15) is 64.7 Å². The van der Waals surface area contributed by atoms with E-state index in [4.69, 9.17) is 13.9 Å². The predicted octanol–water partition coefficient (Wildman–Crippen LogP) is 5.83. The van der Waals surface area contributed by atoms with Gasteiger partial charge in [0.1, 0.15) is 0 Å². The Bertz CT molecular complexity index is 521. The summed E-state index contributed by atoms with van der Waals surface area (Å²) in [7, 11) is -0.233. The van der Waals surface area contributed by atoms with Gasteiger partial charge in [-0.25, -0.2) is 4.79 Å². The fraction of sp³-hybridized carbons (Fsp3) is 0.682. The van der Waals surface area contributed by atoms with Gasteiger partial charge in [-0.2, -0.15) is 0 Å². The van der Waals surface area contributed by atoms with Crippen molar-refractivity contribution in [3.05, 3.63) is 35.9 Å². The third-order valence-electron chi connectivity index (χ3n) is 5.34. The van der Waals surface area contributed by atoms with Gasteiger partial charge < -0.3 is 13.9 Å². The molecule has 0 saturated carbocycles. The fourth-order valence-electron chi connectivity index (χ4n) is 4.19. The van der Waals surface area contributed by atoms with E-state index < -0.39 is 8.32 Å². The molecule has 0 heterocycles. The molecule has 1 unspecified atom stereocenters. The first kappa shape index (κ1) is 23.9. The molecule has 0 spiro atoms. The number of rotatable bonds is 12. The summed E-state index contributed by atoms with van der Waals surface area (Å²) in [5.74, 6) is -0.268. The molecule has 1 aromatic rings. The lowest BCUT2D eigenvalue weighted by molar-refractivity contribution is 0.0410. The van der Waals surface area contributed by atoms with Crippen LogP contribution in [0.5, 0.6) is 0 Å². The zero-order valence-electron chi connectivity index (χ0n) is 18.2. The molecule has 0 aliphatic rings. The molecule has 0 saturated heterocycles. The van der Waals surface area contributed by atoms with Crippen LogP contribution in [-0.4, -0.2) is 40.7 Å². The van der Waals surface area contributed by atoms with Crippen molar-refractivity contribution in [2.24, 2.45) is 0 Å². The number of benzene rings is 1. The topological polar surface area (TPSA) is 44.8 Å². The Labute approximate surface area is 166 Å². The van der Waals surface area contributed by atoms with Crippen molar-refractivity contribution in [2.75, 3.05) is 20.3 Å². The van der Waals surface area contributed by atoms with Gasteiger partial charge >= 0.3 is 5.97 Å². The maximum absolute atomic E-state index is 12.0. The lowest BCUT2D eigenvalue weighted by atomic mass is 10.2. The maximum Gasteiger partial charge on any atom is 0.338 e. The van der Waals surface area contributed by atoms with Crippen LogP contribution in [0.3, 0.4) is 0 Å². The number of hydrogen-bond donors (Lipinski definition) is 0. The molecule has 5 heteroatoms. The van der Waals surface area contributed by atoms with Gasteiger partial charge in [-0.3, -0.25) is 0 Å². The minimum Gasteiger partial charge on any atom is -0.462 e. The number of ether oxygens (including phenoxy) is 2. The summed E-state index contributed by atoms with van der Waals surface area (Å²) < 4.78 is 17.7. The van der Waals surface area contributed by atoms with Gasteiger partial charge in [-0.05, 0) is 41.6 Å². The molecule has 27 heavy (non-hydrogen) atoms. The summed E-state index contributed by atoms with van der Waals surface area (Å²) in [6.07, 6.45) is 1.65. The molecule has 0 aliphatic carbocycles. The fourth-order valence-corrected chi connectivity index (χ4v) is 9.77. The van der Waals surface area contributed by atoms with Crippen LogP contribution in [0.25, 0.3) is 0 Å². The van der Waals surface area contributed by atoms with E-state index in [9.17, 15) is 4.79 Å². The van der Waals surface area contributed by atoms with E-state index in [0.717, 1.165) is 12.8 Å². The first-order valence-corrected chi connectivity index (χ1v) is 12.3. The van der Waals surface area contributed by atoms with Gasteiger partial charge in [0.05, 0.1) is 24.9 Å². The normalized spacial score (nSPS) is 13.4. The summed E-state index contributed by atoms with van der Waals surface area (Å²) >= 11 is 0. The first-order valence-electron chi connectivity index (χ1n) is 10.1. The van der Waals surface area contributed by atoms with E-state index in [1.165, 1.54) is 0 Å². The zero-order valence-corrected chi connectivity index (χ0v) is 19.2. The third-order valence-corrected chi connectivity index (χ3v) is 11.5. The minimum atomic E-state index is -1.95. The molecule has 0 N–H and O–H groups in total. The number of esters is 1. The number of hydrogen-bond acceptors (Lipinski definition) is 4. The third kappa shape index (κ3) is 6.73. The maximum atomic E-state index is 12.0. The predicted molar refractivity (Wildman–Crippen MR) is 114 cm³/mol. The molecule has 1 rings (SSSR count). The summed E-state index contributed by atoms with van der Waals surface area (Å²) in [5, 5.41) is 0. The Balaban J connectivity index is 2.63. The van der Waals surface area contributed by atoms with Crippen molar-refractivity contribution in [2.45, 2.75) is 77.1 Å². The highest BCUT2D eigenvalue weighted by Crippen LogP contribution is 2.43. The summed E-state index contributed by atoms with van der Waals surface area (Å²) in [5.41, 5.74) is 2.20. The van der Waals surface area contributed by atoms with Crippen LogP contribution in [0, 0.1) is 0 Å². The van der Waals surface area contributed by atoms with E-state index in [0.29, 0.717) is 35.4 Å². The average molecular weight is 395 g/mol. The minimum absolute atomic E-state index is 0.0456. The van der Waals surface area contributed by atoms with E-state index in [-0.39, 0.29) is 12.1 Å². The molecule has 0 radical (unpaired) electrons. The SMILES string of the molecule is COCC(CCCOC(=O)c1ccccc1)O[Si](C(C)C)(C(C)C)C(C)C. The average Bonchev–Trinajstić information content (AvgIpc) is 2.62. The van der Waals surface area contributed by atoms with Gasteiger partial charge in [0.15, 0.2) is 0 Å². The Morgan fingerprint density at radius 1 is 0.963 bits per heavy atom. The monoisotopic (exact) mass is 394 g/mol. The van der Waals surface area contributed by atoms with Crippen molar-refractivity contribution < 1.29 is 18.7 Å². The lowest BCUT2D eigenvalue weighted by Crippen LogP contribution is -2.51. The van der Waals surface area contributed by atoms with Crippen LogP contribution in [0.2, 0.25) is 16.6 Å². The van der Waals surface area contributed by atoms with Gasteiger partial charge in [-0.15, -0.1) is 0 Å². The molecule has 0 aliphatic heterocycles. The molecule has 1 atom stereocenters. The van der Waals surface area contributed by atoms with Crippen molar-refractivity contribution in [1.82, 2.24) is 0 Å². The van der Waals surface area contributed by atoms with Crippen molar-refractivity contribution in [1.29, 1.82) is 0 Å². The lowest BCUT2D eigenvalue weighted by Gasteiger charge is -2.44. The standard InChI is InChI=1S/C22H38O4Si/c1-17(2)27(18(3)4,19(5)6)26-21(16-24-7)14-11-15-25-22(23)20-12-9-8-10-13-20/h8-10,12-13,17-19,21H,11,14-16H2,1-7H3. The number of methoxy groups -OCH3 is 1. The number of carbonyl (C=O) groups excluding carboxylic acids is 1. The summed E-state index contributed by atoms with van der Waals surface area (Å²) in [6.45, 7) is 14.7. The van der Waals surface area contributed by atoms with Crippen LogP contribution in [0.15, 0.2) is 30.3 Å².